The van der Waals surface area contributed by atoms with E-state index in [0.717, 1.165) is 31.5 Å². The third kappa shape index (κ3) is 11.2. The van der Waals surface area contributed by atoms with Gasteiger partial charge in [-0.25, -0.2) is 8.78 Å². The Kier molecular flexibility index (Phi) is 6.41. The van der Waals surface area contributed by atoms with E-state index < -0.39 is 5.92 Å². The van der Waals surface area contributed by atoms with E-state index in [2.05, 4.69) is 25.7 Å². The fraction of sp³-hybridized carbons (Fsp3) is 0.667. The molecule has 0 spiro atoms. The van der Waals surface area contributed by atoms with Crippen LogP contribution in [-0.2, 0) is 0 Å². The van der Waals surface area contributed by atoms with Crippen LogP contribution >= 0.6 is 0 Å². The van der Waals surface area contributed by atoms with E-state index in [0.29, 0.717) is 12.5 Å². The van der Waals surface area contributed by atoms with Crippen molar-refractivity contribution in [1.82, 2.24) is 5.32 Å². The standard InChI is InChI=1S/C12H21F2N/c1-10(2)15-9-11(3)7-5-6-8-12(4,13)14/h6,8,10,15H,3,5,7,9H2,1-2,4H3/b8-6+. The normalized spacial score (nSPS) is 12.7. The van der Waals surface area contributed by atoms with Gasteiger partial charge in [0.25, 0.3) is 5.92 Å². The maximum absolute atomic E-state index is 12.4. The lowest BCUT2D eigenvalue weighted by Crippen LogP contribution is -2.24. The number of hydrogen-bond acceptors (Lipinski definition) is 1. The van der Waals surface area contributed by atoms with Crippen LogP contribution in [0.1, 0.15) is 33.6 Å². The number of allylic oxidation sites excluding steroid dienone is 2. The number of rotatable bonds is 7. The van der Waals surface area contributed by atoms with Crippen molar-refractivity contribution >= 4 is 0 Å². The van der Waals surface area contributed by atoms with Gasteiger partial charge in [-0.2, -0.15) is 0 Å². The molecular weight excluding hydrogens is 196 g/mol. The van der Waals surface area contributed by atoms with E-state index in [4.69, 9.17) is 0 Å². The van der Waals surface area contributed by atoms with Crippen LogP contribution in [0.15, 0.2) is 24.3 Å². The maximum atomic E-state index is 12.4. The first-order valence-electron chi connectivity index (χ1n) is 5.27. The Balaban J connectivity index is 3.60. The average molecular weight is 217 g/mol. The van der Waals surface area contributed by atoms with Gasteiger partial charge in [0.2, 0.25) is 0 Å². The Morgan fingerprint density at radius 2 is 2.07 bits per heavy atom. The van der Waals surface area contributed by atoms with Gasteiger partial charge in [-0.3, -0.25) is 0 Å². The second-order valence-electron chi connectivity index (χ2n) is 4.18. The highest BCUT2D eigenvalue weighted by molar-refractivity contribution is 5.01. The molecule has 15 heavy (non-hydrogen) atoms. The van der Waals surface area contributed by atoms with Crippen molar-refractivity contribution in [2.75, 3.05) is 6.54 Å². The Morgan fingerprint density at radius 3 is 2.53 bits per heavy atom. The van der Waals surface area contributed by atoms with Gasteiger partial charge in [0, 0.05) is 19.5 Å². The van der Waals surface area contributed by atoms with Crippen molar-refractivity contribution in [3.8, 4) is 0 Å². The number of halogens is 2. The Labute approximate surface area is 91.3 Å². The van der Waals surface area contributed by atoms with Crippen molar-refractivity contribution < 1.29 is 8.78 Å². The second kappa shape index (κ2) is 6.72. The van der Waals surface area contributed by atoms with Gasteiger partial charge in [0.15, 0.2) is 0 Å². The monoisotopic (exact) mass is 217 g/mol. The largest absolute Gasteiger partial charge is 0.311 e. The fourth-order valence-electron chi connectivity index (χ4n) is 1.01. The molecule has 3 heteroatoms. The molecule has 0 aromatic heterocycles. The van der Waals surface area contributed by atoms with Gasteiger partial charge >= 0.3 is 0 Å². The van der Waals surface area contributed by atoms with Crippen LogP contribution in [0.5, 0.6) is 0 Å². The zero-order valence-electron chi connectivity index (χ0n) is 9.82. The minimum atomic E-state index is -2.70. The highest BCUT2D eigenvalue weighted by atomic mass is 19.3. The Bertz CT molecular complexity index is 214. The van der Waals surface area contributed by atoms with E-state index >= 15 is 0 Å². The Morgan fingerprint density at radius 1 is 1.47 bits per heavy atom. The molecule has 0 atom stereocenters. The first kappa shape index (κ1) is 14.3. The van der Waals surface area contributed by atoms with Crippen LogP contribution < -0.4 is 5.32 Å². The molecule has 0 saturated heterocycles. The maximum Gasteiger partial charge on any atom is 0.263 e. The smallest absolute Gasteiger partial charge is 0.263 e. The van der Waals surface area contributed by atoms with Crippen molar-refractivity contribution in [2.45, 2.75) is 45.6 Å². The summed E-state index contributed by atoms with van der Waals surface area (Å²) in [5.74, 6) is -2.70. The molecule has 0 aliphatic rings. The molecule has 0 amide bonds. The zero-order chi connectivity index (χ0) is 11.9. The van der Waals surface area contributed by atoms with E-state index in [9.17, 15) is 8.78 Å². The van der Waals surface area contributed by atoms with Crippen LogP contribution in [-0.4, -0.2) is 18.5 Å². The van der Waals surface area contributed by atoms with Gasteiger partial charge in [0.1, 0.15) is 0 Å². The summed E-state index contributed by atoms with van der Waals surface area (Å²) in [6.07, 6.45) is 3.84. The van der Waals surface area contributed by atoms with Gasteiger partial charge in [-0.15, -0.1) is 0 Å². The molecular formula is C12H21F2N. The summed E-state index contributed by atoms with van der Waals surface area (Å²) >= 11 is 0. The molecule has 1 N–H and O–H groups in total. The third-order valence-corrected chi connectivity index (χ3v) is 1.84. The molecule has 0 aliphatic heterocycles. The molecule has 0 aromatic carbocycles. The first-order valence-corrected chi connectivity index (χ1v) is 5.27. The van der Waals surface area contributed by atoms with Crippen LogP contribution in [0, 0.1) is 0 Å². The molecule has 0 rings (SSSR count). The van der Waals surface area contributed by atoms with Crippen LogP contribution in [0.3, 0.4) is 0 Å². The predicted molar refractivity (Wildman–Crippen MR) is 61.3 cm³/mol. The average Bonchev–Trinajstić information content (AvgIpc) is 2.07. The molecule has 0 unspecified atom stereocenters. The summed E-state index contributed by atoms with van der Waals surface area (Å²) in [5.41, 5.74) is 1.05. The van der Waals surface area contributed by atoms with Crippen LogP contribution in [0.4, 0.5) is 8.78 Å². The Hall–Kier alpha value is -0.700. The van der Waals surface area contributed by atoms with Gasteiger partial charge in [-0.05, 0) is 18.9 Å². The summed E-state index contributed by atoms with van der Waals surface area (Å²) in [6.45, 7) is 9.64. The van der Waals surface area contributed by atoms with Gasteiger partial charge < -0.3 is 5.32 Å². The van der Waals surface area contributed by atoms with Crippen LogP contribution in [0.2, 0.25) is 0 Å². The molecule has 1 nitrogen and oxygen atoms in total. The van der Waals surface area contributed by atoms with Crippen molar-refractivity contribution in [3.05, 3.63) is 24.3 Å². The van der Waals surface area contributed by atoms with Crippen molar-refractivity contribution in [2.24, 2.45) is 0 Å². The summed E-state index contributed by atoms with van der Waals surface area (Å²) < 4.78 is 24.8. The molecule has 0 bridgehead atoms. The number of alkyl halides is 2. The predicted octanol–water partition coefficient (Wildman–Crippen LogP) is 3.53. The van der Waals surface area contributed by atoms with Crippen molar-refractivity contribution in [1.29, 1.82) is 0 Å². The fourth-order valence-corrected chi connectivity index (χ4v) is 1.01. The molecule has 0 aliphatic carbocycles. The number of hydrogen-bond donors (Lipinski definition) is 1. The number of nitrogens with one attached hydrogen (secondary N) is 1. The molecule has 0 saturated carbocycles. The quantitative estimate of drug-likeness (QED) is 0.643. The van der Waals surface area contributed by atoms with Gasteiger partial charge in [-0.1, -0.05) is 32.1 Å². The topological polar surface area (TPSA) is 12.0 Å². The molecule has 0 heterocycles. The molecule has 0 aromatic rings. The lowest BCUT2D eigenvalue weighted by molar-refractivity contribution is 0.0771. The van der Waals surface area contributed by atoms with Gasteiger partial charge in [0.05, 0.1) is 0 Å². The minimum absolute atomic E-state index is 0.428. The highest BCUT2D eigenvalue weighted by Crippen LogP contribution is 2.14. The first-order chi connectivity index (χ1) is 6.81. The lowest BCUT2D eigenvalue weighted by atomic mass is 10.1. The van der Waals surface area contributed by atoms with E-state index in [1.54, 1.807) is 0 Å². The van der Waals surface area contributed by atoms with Crippen molar-refractivity contribution in [3.63, 3.8) is 0 Å². The lowest BCUT2D eigenvalue weighted by Gasteiger charge is -2.09. The summed E-state index contributed by atoms with van der Waals surface area (Å²) in [7, 11) is 0. The minimum Gasteiger partial charge on any atom is -0.311 e. The van der Waals surface area contributed by atoms with Crippen LogP contribution in [0.25, 0.3) is 0 Å². The zero-order valence-corrected chi connectivity index (χ0v) is 9.82. The molecule has 88 valence electrons. The van der Waals surface area contributed by atoms with E-state index in [-0.39, 0.29) is 0 Å². The molecule has 0 radical (unpaired) electrons. The summed E-state index contributed by atoms with van der Waals surface area (Å²) in [4.78, 5) is 0. The van der Waals surface area contributed by atoms with E-state index in [1.165, 1.54) is 6.08 Å². The SMILES string of the molecule is C=C(CC/C=C/C(C)(F)F)CNC(C)C. The summed E-state index contributed by atoms with van der Waals surface area (Å²) in [6, 6.07) is 0.428. The second-order valence-corrected chi connectivity index (χ2v) is 4.18. The third-order valence-electron chi connectivity index (χ3n) is 1.84. The molecule has 0 fully saturated rings. The highest BCUT2D eigenvalue weighted by Gasteiger charge is 2.14. The summed E-state index contributed by atoms with van der Waals surface area (Å²) in [5, 5.41) is 3.23. The van der Waals surface area contributed by atoms with E-state index in [1.807, 2.05) is 0 Å².